The number of allylic oxidation sites excluding steroid dienone is 1. The molecule has 2 N–H and O–H groups in total. The first-order valence-corrected chi connectivity index (χ1v) is 3.42. The van der Waals surface area contributed by atoms with Gasteiger partial charge in [0.05, 0.1) is 0 Å². The lowest BCUT2D eigenvalue weighted by Crippen LogP contribution is -1.89. The van der Waals surface area contributed by atoms with Crippen LogP contribution in [-0.2, 0) is 0 Å². The molecule has 0 aliphatic rings. The molecular weight excluding hydrogens is 141 g/mol. The van der Waals surface area contributed by atoms with Crippen LogP contribution >= 0.6 is 0 Å². The van der Waals surface area contributed by atoms with Gasteiger partial charge in [-0.05, 0) is 30.7 Å². The van der Waals surface area contributed by atoms with Gasteiger partial charge in [-0.1, -0.05) is 12.2 Å². The molecule has 60 valence electrons. The molecule has 0 heterocycles. The molecule has 1 nitrogen and oxygen atoms in total. The highest BCUT2D eigenvalue weighted by molar-refractivity contribution is 5.63. The number of nitrogen functional groups attached to an aromatic ring is 1. The molecule has 11 heavy (non-hydrogen) atoms. The van der Waals surface area contributed by atoms with E-state index in [-0.39, 0.29) is 7.24 Å². The first-order chi connectivity index (χ1) is 5.24. The van der Waals surface area contributed by atoms with Gasteiger partial charge in [-0.3, -0.25) is 0 Å². The predicted molar refractivity (Wildman–Crippen MR) is 47.6 cm³/mol. The third-order valence-corrected chi connectivity index (χ3v) is 1.40. The first kappa shape index (κ1) is 7.79. The van der Waals surface area contributed by atoms with E-state index in [4.69, 9.17) is 5.73 Å². The average molecular weight is 153 g/mol. The molecule has 0 spiro atoms. The van der Waals surface area contributed by atoms with Crippen LogP contribution in [0.15, 0.2) is 24.3 Å². The summed E-state index contributed by atoms with van der Waals surface area (Å²) in [4.78, 5) is 0. The summed E-state index contributed by atoms with van der Waals surface area (Å²) in [6.07, 6.45) is 3.60. The number of anilines is 1. The molecule has 0 amide bonds. The van der Waals surface area contributed by atoms with Gasteiger partial charge in [-0.2, -0.15) is 0 Å². The van der Waals surface area contributed by atoms with Crippen LogP contribution in [0.2, 0.25) is 0 Å². The molecule has 0 atom stereocenters. The van der Waals surface area contributed by atoms with Crippen molar-refractivity contribution in [1.82, 2.24) is 0 Å². The Labute approximate surface area is 66.8 Å². The molecule has 0 aliphatic carbocycles. The Balaban J connectivity index is 0.00000121. The highest BCUT2D eigenvalue weighted by atomic mass is 19.1. The van der Waals surface area contributed by atoms with E-state index in [1.165, 1.54) is 12.1 Å². The monoisotopic (exact) mass is 153 g/mol. The number of hydrogen-bond acceptors (Lipinski definition) is 1. The summed E-state index contributed by atoms with van der Waals surface area (Å²) in [7, 11) is 0. The van der Waals surface area contributed by atoms with Crippen molar-refractivity contribution in [2.24, 2.45) is 0 Å². The van der Waals surface area contributed by atoms with Gasteiger partial charge in [-0.25, -0.2) is 4.39 Å². The Morgan fingerprint density at radius 2 is 2.27 bits per heavy atom. The third-order valence-electron chi connectivity index (χ3n) is 1.40. The summed E-state index contributed by atoms with van der Waals surface area (Å²) in [5, 5.41) is 0. The average Bonchev–Trinajstić information content (AvgIpc) is 1.98. The smallest absolute Gasteiger partial charge is 0.123 e. The van der Waals surface area contributed by atoms with Crippen molar-refractivity contribution in [2.75, 3.05) is 5.73 Å². The molecule has 0 fully saturated rings. The Bertz CT molecular complexity index is 284. The van der Waals surface area contributed by atoms with Crippen molar-refractivity contribution in [3.63, 3.8) is 0 Å². The van der Waals surface area contributed by atoms with Crippen molar-refractivity contribution >= 4 is 11.8 Å². The Morgan fingerprint density at radius 1 is 1.55 bits per heavy atom. The van der Waals surface area contributed by atoms with E-state index in [9.17, 15) is 4.39 Å². The largest absolute Gasteiger partial charge is 0.398 e. The summed E-state index contributed by atoms with van der Waals surface area (Å²) < 4.78 is 12.6. The van der Waals surface area contributed by atoms with Crippen molar-refractivity contribution < 1.29 is 5.82 Å². The summed E-state index contributed by atoms with van der Waals surface area (Å²) in [6, 6.07) is 4.32. The quantitative estimate of drug-likeness (QED) is 0.617. The fraction of sp³-hybridized carbons (Fsp3) is 0.111. The van der Waals surface area contributed by atoms with Gasteiger partial charge in [0.2, 0.25) is 0 Å². The van der Waals surface area contributed by atoms with E-state index >= 15 is 0 Å². The van der Waals surface area contributed by atoms with Crippen molar-refractivity contribution in [3.05, 3.63) is 35.7 Å². The summed E-state index contributed by atoms with van der Waals surface area (Å²) in [5.74, 6) is -0.257. The van der Waals surface area contributed by atoms with Gasteiger partial charge in [0, 0.05) is 7.11 Å². The first-order valence-electron chi connectivity index (χ1n) is 3.42. The van der Waals surface area contributed by atoms with E-state index < -0.39 is 0 Å². The summed E-state index contributed by atoms with van der Waals surface area (Å²) >= 11 is 0. The van der Waals surface area contributed by atoms with Crippen LogP contribution in [0.5, 0.6) is 0 Å². The van der Waals surface area contributed by atoms with Crippen molar-refractivity contribution in [3.8, 4) is 0 Å². The van der Waals surface area contributed by atoms with Crippen LogP contribution in [0, 0.1) is 5.82 Å². The Kier molecular flexibility index (Phi) is 2.26. The zero-order chi connectivity index (χ0) is 8.27. The van der Waals surface area contributed by atoms with Gasteiger partial charge in [0.25, 0.3) is 0 Å². The molecule has 0 unspecified atom stereocenters. The van der Waals surface area contributed by atoms with Crippen LogP contribution in [0.4, 0.5) is 10.1 Å². The Morgan fingerprint density at radius 3 is 2.91 bits per heavy atom. The lowest BCUT2D eigenvalue weighted by atomic mass is 10.1. The molecule has 1 rings (SSSR count). The minimum Gasteiger partial charge on any atom is -0.398 e. The third kappa shape index (κ3) is 1.80. The second kappa shape index (κ2) is 3.19. The fourth-order valence-corrected chi connectivity index (χ4v) is 0.870. The Hall–Kier alpha value is -1.31. The van der Waals surface area contributed by atoms with Gasteiger partial charge in [-0.15, -0.1) is 0 Å². The number of benzene rings is 1. The lowest BCUT2D eigenvalue weighted by Gasteiger charge is -1.98. The molecular formula is C9H12FN. The maximum Gasteiger partial charge on any atom is 0.123 e. The van der Waals surface area contributed by atoms with Gasteiger partial charge in [0.1, 0.15) is 5.82 Å². The molecule has 0 aromatic heterocycles. The van der Waals surface area contributed by atoms with E-state index in [2.05, 4.69) is 0 Å². The highest BCUT2D eigenvalue weighted by Crippen LogP contribution is 2.14. The number of nitrogens with two attached hydrogens (primary N) is 1. The van der Waals surface area contributed by atoms with E-state index in [1.807, 2.05) is 13.0 Å². The van der Waals surface area contributed by atoms with Crippen LogP contribution < -0.4 is 5.73 Å². The normalized spacial score (nSPS) is 10.7. The van der Waals surface area contributed by atoms with Crippen LogP contribution in [0.25, 0.3) is 6.08 Å². The highest BCUT2D eigenvalue weighted by Gasteiger charge is 1.95. The van der Waals surface area contributed by atoms with Gasteiger partial charge in [0.15, 0.2) is 0 Å². The zero-order valence-corrected chi connectivity index (χ0v) is 6.34. The van der Waals surface area contributed by atoms with Gasteiger partial charge < -0.3 is 5.73 Å². The lowest BCUT2D eigenvalue weighted by molar-refractivity contribution is 0.628. The second-order valence-corrected chi connectivity index (χ2v) is 2.27. The topological polar surface area (TPSA) is 26.0 Å². The molecule has 0 saturated carbocycles. The molecule has 2 heteroatoms. The minimum absolute atomic E-state index is 0. The second-order valence-electron chi connectivity index (χ2n) is 2.27. The number of halogens is 1. The van der Waals surface area contributed by atoms with E-state index in [1.54, 1.807) is 12.1 Å². The van der Waals surface area contributed by atoms with Crippen LogP contribution in [0.1, 0.15) is 13.9 Å². The van der Waals surface area contributed by atoms with E-state index in [0.717, 1.165) is 5.56 Å². The maximum atomic E-state index is 12.6. The minimum atomic E-state index is -0.257. The number of hydrogen-bond donors (Lipinski definition) is 1. The maximum absolute atomic E-state index is 12.6. The molecule has 0 radical (unpaired) electrons. The molecule has 0 aliphatic heterocycles. The fourth-order valence-electron chi connectivity index (χ4n) is 0.870. The predicted octanol–water partition coefficient (Wildman–Crippen LogP) is 2.69. The zero-order valence-electron chi connectivity index (χ0n) is 6.34. The number of rotatable bonds is 1. The molecule has 1 aromatic carbocycles. The summed E-state index contributed by atoms with van der Waals surface area (Å²) in [6.45, 7) is 1.87. The van der Waals surface area contributed by atoms with Crippen LogP contribution in [-0.4, -0.2) is 0 Å². The SMILES string of the molecule is C/C=C/c1cc(F)ccc1N.[HH]. The molecule has 1 aromatic rings. The van der Waals surface area contributed by atoms with Crippen molar-refractivity contribution in [2.45, 2.75) is 6.92 Å². The molecule has 0 bridgehead atoms. The van der Waals surface area contributed by atoms with Gasteiger partial charge >= 0.3 is 0 Å². The summed E-state index contributed by atoms with van der Waals surface area (Å²) in [5.41, 5.74) is 6.89. The van der Waals surface area contributed by atoms with Crippen molar-refractivity contribution in [1.29, 1.82) is 0 Å². The van der Waals surface area contributed by atoms with Crippen LogP contribution in [0.3, 0.4) is 0 Å². The van der Waals surface area contributed by atoms with E-state index in [0.29, 0.717) is 5.69 Å². The molecule has 0 saturated heterocycles. The standard InChI is InChI=1S/C9H10FN.H2/c1-2-3-7-6-8(10)4-5-9(7)11;/h2-6H,11H2,1H3;1H/b3-2+;.